The molecule has 0 aliphatic rings. The third kappa shape index (κ3) is 5.74. The number of hydrogen-bond donors (Lipinski definition) is 2. The molecule has 0 aliphatic carbocycles. The van der Waals surface area contributed by atoms with Gasteiger partial charge in [-0.25, -0.2) is 4.79 Å². The van der Waals surface area contributed by atoms with E-state index < -0.39 is 16.8 Å². The average Bonchev–Trinajstić information content (AvgIpc) is 2.38. The summed E-state index contributed by atoms with van der Waals surface area (Å²) >= 11 is 3.32. The number of aliphatic carboxylic acids is 1. The number of carbonyl (C=O) groups is 2. The molecule has 0 spiro atoms. The van der Waals surface area contributed by atoms with Crippen LogP contribution in [0.4, 0.5) is 0 Å². The first-order valence-corrected chi connectivity index (χ1v) is 7.53. The summed E-state index contributed by atoms with van der Waals surface area (Å²) in [6.45, 7) is 3.86. The summed E-state index contributed by atoms with van der Waals surface area (Å²) in [6.07, 6.45) is 0.951. The highest BCUT2D eigenvalue weighted by atomic mass is 79.9. The van der Waals surface area contributed by atoms with Crippen molar-refractivity contribution in [3.05, 3.63) is 35.9 Å². The van der Waals surface area contributed by atoms with Gasteiger partial charge < -0.3 is 10.4 Å². The second kappa shape index (κ2) is 8.04. The molecule has 0 unspecified atom stereocenters. The summed E-state index contributed by atoms with van der Waals surface area (Å²) in [5, 5.41) is 11.7. The van der Waals surface area contributed by atoms with Crippen LogP contribution < -0.4 is 5.32 Å². The number of rotatable bonds is 7. The Labute approximate surface area is 127 Å². The van der Waals surface area contributed by atoms with Crippen molar-refractivity contribution in [3.8, 4) is 0 Å². The fourth-order valence-electron chi connectivity index (χ4n) is 1.87. The zero-order valence-corrected chi connectivity index (χ0v) is 13.3. The van der Waals surface area contributed by atoms with E-state index in [1.807, 2.05) is 44.2 Å². The van der Waals surface area contributed by atoms with Crippen LogP contribution in [-0.4, -0.2) is 27.9 Å². The number of halogens is 1. The predicted molar refractivity (Wildman–Crippen MR) is 81.9 cm³/mol. The summed E-state index contributed by atoms with van der Waals surface area (Å²) in [4.78, 5) is 22.7. The Bertz CT molecular complexity index is 448. The Morgan fingerprint density at radius 1 is 1.25 bits per heavy atom. The fraction of sp³-hybridized carbons (Fsp3) is 0.467. The molecular weight excluding hydrogens is 322 g/mol. The Balaban J connectivity index is 2.57. The van der Waals surface area contributed by atoms with Gasteiger partial charge in [-0.3, -0.25) is 4.79 Å². The lowest BCUT2D eigenvalue weighted by atomic mass is 10.0. The van der Waals surface area contributed by atoms with Gasteiger partial charge in [0.2, 0.25) is 5.91 Å². The van der Waals surface area contributed by atoms with Gasteiger partial charge in [0.25, 0.3) is 0 Å². The molecule has 1 aromatic rings. The van der Waals surface area contributed by atoms with E-state index in [0.29, 0.717) is 12.8 Å². The highest BCUT2D eigenvalue weighted by molar-refractivity contribution is 9.10. The van der Waals surface area contributed by atoms with Gasteiger partial charge in [0.05, 0.1) is 4.83 Å². The van der Waals surface area contributed by atoms with Gasteiger partial charge in [0.1, 0.15) is 6.04 Å². The molecule has 1 aromatic carbocycles. The van der Waals surface area contributed by atoms with Gasteiger partial charge in [0.15, 0.2) is 0 Å². The Morgan fingerprint density at radius 2 is 1.85 bits per heavy atom. The van der Waals surface area contributed by atoms with Gasteiger partial charge >= 0.3 is 5.97 Å². The minimum Gasteiger partial charge on any atom is -0.480 e. The summed E-state index contributed by atoms with van der Waals surface area (Å²) in [5.41, 5.74) is 1.03. The minimum absolute atomic E-state index is 0.208. The maximum Gasteiger partial charge on any atom is 0.326 e. The number of alkyl halides is 1. The topological polar surface area (TPSA) is 66.4 Å². The van der Waals surface area contributed by atoms with E-state index in [1.165, 1.54) is 0 Å². The zero-order valence-electron chi connectivity index (χ0n) is 11.7. The van der Waals surface area contributed by atoms with Gasteiger partial charge in [-0.1, -0.05) is 60.1 Å². The first-order chi connectivity index (χ1) is 9.40. The lowest BCUT2D eigenvalue weighted by Gasteiger charge is -2.18. The molecule has 0 saturated carbocycles. The molecular formula is C15H20BrNO3. The summed E-state index contributed by atoms with van der Waals surface area (Å²) in [6, 6.07) is 8.76. The third-order valence-electron chi connectivity index (χ3n) is 2.86. The average molecular weight is 342 g/mol. The zero-order chi connectivity index (χ0) is 15.1. The number of amides is 1. The normalized spacial score (nSPS) is 13.8. The van der Waals surface area contributed by atoms with Crippen LogP contribution in [0.3, 0.4) is 0 Å². The number of hydrogen-bond acceptors (Lipinski definition) is 2. The van der Waals surface area contributed by atoms with E-state index in [0.717, 1.165) is 5.56 Å². The monoisotopic (exact) mass is 341 g/mol. The van der Waals surface area contributed by atoms with Crippen molar-refractivity contribution in [2.75, 3.05) is 0 Å². The largest absolute Gasteiger partial charge is 0.480 e. The van der Waals surface area contributed by atoms with Crippen LogP contribution >= 0.6 is 15.9 Å². The van der Waals surface area contributed by atoms with Gasteiger partial charge in [0, 0.05) is 0 Å². The predicted octanol–water partition coefficient (Wildman–Crippen LogP) is 2.61. The number of carboxylic acids is 1. The molecule has 0 radical (unpaired) electrons. The number of carboxylic acid groups (broad SMARTS) is 1. The van der Waals surface area contributed by atoms with E-state index >= 15 is 0 Å². The summed E-state index contributed by atoms with van der Waals surface area (Å²) in [5.74, 6) is -1.08. The summed E-state index contributed by atoms with van der Waals surface area (Å²) < 4.78 is 0. The lowest BCUT2D eigenvalue weighted by Crippen LogP contribution is -2.45. The van der Waals surface area contributed by atoms with Crippen LogP contribution in [0, 0.1) is 5.92 Å². The van der Waals surface area contributed by atoms with Crippen molar-refractivity contribution in [3.63, 3.8) is 0 Å². The molecule has 0 aliphatic heterocycles. The fourth-order valence-corrected chi connectivity index (χ4v) is 2.37. The molecule has 1 amide bonds. The Morgan fingerprint density at radius 3 is 2.35 bits per heavy atom. The van der Waals surface area contributed by atoms with Crippen LogP contribution in [0.25, 0.3) is 0 Å². The van der Waals surface area contributed by atoms with Crippen LogP contribution in [0.15, 0.2) is 30.3 Å². The molecule has 4 nitrogen and oxygen atoms in total. The lowest BCUT2D eigenvalue weighted by molar-refractivity contribution is -0.142. The first kappa shape index (κ1) is 16.7. The SMILES string of the molecule is CC(C)C[C@H](NC(=O)[C@H](Br)Cc1ccccc1)C(=O)O. The Hall–Kier alpha value is -1.36. The second-order valence-electron chi connectivity index (χ2n) is 5.19. The maximum absolute atomic E-state index is 12.0. The van der Waals surface area contributed by atoms with E-state index in [9.17, 15) is 9.59 Å². The highest BCUT2D eigenvalue weighted by Crippen LogP contribution is 2.12. The van der Waals surface area contributed by atoms with Crippen LogP contribution in [0.5, 0.6) is 0 Å². The standard InChI is InChI=1S/C15H20BrNO3/c1-10(2)8-13(15(19)20)17-14(18)12(16)9-11-6-4-3-5-7-11/h3-7,10,12-13H,8-9H2,1-2H3,(H,17,18)(H,19,20)/t12-,13+/m1/s1. The van der Waals surface area contributed by atoms with E-state index in [-0.39, 0.29) is 11.8 Å². The number of nitrogens with one attached hydrogen (secondary N) is 1. The molecule has 2 atom stereocenters. The van der Waals surface area contributed by atoms with Crippen molar-refractivity contribution >= 4 is 27.8 Å². The van der Waals surface area contributed by atoms with Crippen molar-refractivity contribution in [2.45, 2.75) is 37.6 Å². The van der Waals surface area contributed by atoms with Crippen molar-refractivity contribution in [1.29, 1.82) is 0 Å². The van der Waals surface area contributed by atoms with Crippen molar-refractivity contribution < 1.29 is 14.7 Å². The van der Waals surface area contributed by atoms with E-state index in [1.54, 1.807) is 0 Å². The van der Waals surface area contributed by atoms with Crippen LogP contribution in [0.1, 0.15) is 25.8 Å². The van der Waals surface area contributed by atoms with Gasteiger partial charge in [-0.15, -0.1) is 0 Å². The molecule has 20 heavy (non-hydrogen) atoms. The molecule has 2 N–H and O–H groups in total. The molecule has 0 bridgehead atoms. The summed E-state index contributed by atoms with van der Waals surface area (Å²) in [7, 11) is 0. The first-order valence-electron chi connectivity index (χ1n) is 6.61. The molecule has 0 saturated heterocycles. The molecule has 0 aromatic heterocycles. The number of carbonyl (C=O) groups excluding carboxylic acids is 1. The van der Waals surface area contributed by atoms with Gasteiger partial charge in [-0.2, -0.15) is 0 Å². The molecule has 0 fully saturated rings. The highest BCUT2D eigenvalue weighted by Gasteiger charge is 2.24. The molecule has 5 heteroatoms. The van der Waals surface area contributed by atoms with Crippen molar-refractivity contribution in [1.82, 2.24) is 5.32 Å². The van der Waals surface area contributed by atoms with Crippen LogP contribution in [0.2, 0.25) is 0 Å². The van der Waals surface area contributed by atoms with E-state index in [4.69, 9.17) is 5.11 Å². The smallest absolute Gasteiger partial charge is 0.326 e. The quantitative estimate of drug-likeness (QED) is 0.749. The third-order valence-corrected chi connectivity index (χ3v) is 3.60. The number of benzene rings is 1. The van der Waals surface area contributed by atoms with E-state index in [2.05, 4.69) is 21.2 Å². The second-order valence-corrected chi connectivity index (χ2v) is 6.29. The molecule has 0 heterocycles. The van der Waals surface area contributed by atoms with Crippen LogP contribution in [-0.2, 0) is 16.0 Å². The maximum atomic E-state index is 12.0. The molecule has 110 valence electrons. The molecule has 1 rings (SSSR count). The minimum atomic E-state index is -0.994. The van der Waals surface area contributed by atoms with Crippen molar-refractivity contribution in [2.24, 2.45) is 5.92 Å². The van der Waals surface area contributed by atoms with Gasteiger partial charge in [-0.05, 0) is 24.3 Å². The Kier molecular flexibility index (Phi) is 6.71.